The molecule has 2 aromatic carbocycles. The molecule has 0 aliphatic carbocycles. The number of aryl methyl sites for hydroxylation is 1. The number of hydrogen-bond acceptors (Lipinski definition) is 3. The maximum Gasteiger partial charge on any atom is 0.256 e. The monoisotopic (exact) mass is 296 g/mol. The van der Waals surface area contributed by atoms with Crippen LogP contribution < -0.4 is 4.74 Å². The number of rotatable bonds is 4. The van der Waals surface area contributed by atoms with E-state index >= 15 is 0 Å². The molecular weight excluding hydrogens is 278 g/mol. The van der Waals surface area contributed by atoms with Crippen molar-refractivity contribution in [1.29, 1.82) is 0 Å². The number of benzene rings is 2. The molecule has 0 unspecified atom stereocenters. The van der Waals surface area contributed by atoms with Gasteiger partial charge >= 0.3 is 0 Å². The first-order chi connectivity index (χ1) is 10.6. The Morgan fingerprint density at radius 2 is 1.91 bits per heavy atom. The van der Waals surface area contributed by atoms with Crippen molar-refractivity contribution in [2.75, 3.05) is 14.2 Å². The number of hydrogen-bond donors (Lipinski definition) is 0. The molecule has 0 amide bonds. The van der Waals surface area contributed by atoms with Crippen molar-refractivity contribution in [1.82, 2.24) is 9.78 Å². The molecule has 0 saturated heterocycles. The van der Waals surface area contributed by atoms with Crippen LogP contribution in [0.4, 0.5) is 5.69 Å². The third-order valence-electron chi connectivity index (χ3n) is 3.77. The van der Waals surface area contributed by atoms with Gasteiger partial charge in [-0.05, 0) is 30.7 Å². The van der Waals surface area contributed by atoms with Crippen LogP contribution in [0.15, 0.2) is 42.5 Å². The number of ether oxygens (including phenoxy) is 1. The lowest BCUT2D eigenvalue weighted by Gasteiger charge is -2.05. The first-order valence-electron chi connectivity index (χ1n) is 7.09. The van der Waals surface area contributed by atoms with E-state index in [-0.39, 0.29) is 0 Å². The Hall–Kier alpha value is -2.69. The number of aromatic nitrogens is 2. The molecule has 22 heavy (non-hydrogen) atoms. The van der Waals surface area contributed by atoms with E-state index < -0.39 is 0 Å². The molecule has 0 radical (unpaired) electrons. The highest BCUT2D eigenvalue weighted by atomic mass is 16.5. The second-order valence-corrected chi connectivity index (χ2v) is 5.29. The minimum absolute atomic E-state index is 0.639. The second-order valence-electron chi connectivity index (χ2n) is 5.29. The van der Waals surface area contributed by atoms with Crippen LogP contribution >= 0.6 is 0 Å². The highest BCUT2D eigenvalue weighted by Crippen LogP contribution is 2.24. The lowest BCUT2D eigenvalue weighted by Crippen LogP contribution is -2.01. The van der Waals surface area contributed by atoms with Crippen molar-refractivity contribution in [3.63, 3.8) is 0 Å². The summed E-state index contributed by atoms with van der Waals surface area (Å²) in [5.74, 6) is 0.841. The SMILES string of the molecule is COc1ccc(Cn2nc(C)c3cc([N+](C)=O)ccc32)cc1. The van der Waals surface area contributed by atoms with Gasteiger partial charge in [-0.3, -0.25) is 4.68 Å². The van der Waals surface area contributed by atoms with Gasteiger partial charge in [0, 0.05) is 27.2 Å². The molecule has 0 aliphatic rings. The van der Waals surface area contributed by atoms with Gasteiger partial charge in [0.05, 0.1) is 24.9 Å². The molecule has 0 atom stereocenters. The van der Waals surface area contributed by atoms with Crippen LogP contribution in [-0.4, -0.2) is 28.7 Å². The molecule has 0 N–H and O–H groups in total. The van der Waals surface area contributed by atoms with Crippen molar-refractivity contribution in [3.8, 4) is 5.75 Å². The third-order valence-corrected chi connectivity index (χ3v) is 3.77. The molecule has 112 valence electrons. The number of nitroso groups, excluding NO2 is 1. The second kappa shape index (κ2) is 5.60. The van der Waals surface area contributed by atoms with Gasteiger partial charge in [0.1, 0.15) is 5.75 Å². The smallest absolute Gasteiger partial charge is 0.256 e. The van der Waals surface area contributed by atoms with E-state index in [9.17, 15) is 4.91 Å². The average Bonchev–Trinajstić information content (AvgIpc) is 2.84. The minimum atomic E-state index is 0.639. The molecule has 0 aliphatic heterocycles. The quantitative estimate of drug-likeness (QED) is 0.693. The van der Waals surface area contributed by atoms with E-state index in [0.717, 1.165) is 32.7 Å². The largest absolute Gasteiger partial charge is 0.497 e. The summed E-state index contributed by atoms with van der Waals surface area (Å²) in [6.07, 6.45) is 0. The molecule has 3 aromatic rings. The summed E-state index contributed by atoms with van der Waals surface area (Å²) in [5, 5.41) is 5.60. The summed E-state index contributed by atoms with van der Waals surface area (Å²) < 4.78 is 7.99. The van der Waals surface area contributed by atoms with Gasteiger partial charge in [-0.25, -0.2) is 0 Å². The van der Waals surface area contributed by atoms with Crippen molar-refractivity contribution in [2.45, 2.75) is 13.5 Å². The molecule has 3 rings (SSSR count). The lowest BCUT2D eigenvalue weighted by atomic mass is 10.2. The molecule has 0 spiro atoms. The van der Waals surface area contributed by atoms with Crippen LogP contribution in [0.2, 0.25) is 0 Å². The summed E-state index contributed by atoms with van der Waals surface area (Å²) >= 11 is 0. The fourth-order valence-corrected chi connectivity index (χ4v) is 2.55. The van der Waals surface area contributed by atoms with Crippen LogP contribution in [0.25, 0.3) is 10.9 Å². The Kier molecular flexibility index (Phi) is 3.63. The van der Waals surface area contributed by atoms with E-state index in [0.29, 0.717) is 12.2 Å². The highest BCUT2D eigenvalue weighted by molar-refractivity contribution is 5.84. The van der Waals surface area contributed by atoms with Gasteiger partial charge in [0.2, 0.25) is 0 Å². The Balaban J connectivity index is 1.98. The first kappa shape index (κ1) is 14.3. The lowest BCUT2D eigenvalue weighted by molar-refractivity contribution is -0.428. The van der Waals surface area contributed by atoms with Gasteiger partial charge < -0.3 is 4.74 Å². The molecule has 1 aromatic heterocycles. The minimum Gasteiger partial charge on any atom is -0.497 e. The molecule has 5 nitrogen and oxygen atoms in total. The van der Waals surface area contributed by atoms with Gasteiger partial charge in [-0.1, -0.05) is 12.1 Å². The Morgan fingerprint density at radius 3 is 2.55 bits per heavy atom. The normalized spacial score (nSPS) is 10.9. The highest BCUT2D eigenvalue weighted by Gasteiger charge is 2.13. The van der Waals surface area contributed by atoms with E-state index in [1.54, 1.807) is 7.11 Å². The van der Waals surface area contributed by atoms with Crippen LogP contribution in [-0.2, 0) is 6.54 Å². The maximum atomic E-state index is 11.4. The molecular formula is C17H18N3O2+. The standard InChI is InChI=1S/C17H18N3O2/c1-12-16-10-14(19(2)21)6-9-17(16)20(18-12)11-13-4-7-15(22-3)8-5-13/h4-10H,11H2,1-3H3/q+1. The molecule has 0 bridgehead atoms. The number of fused-ring (bicyclic) bond motifs is 1. The summed E-state index contributed by atoms with van der Waals surface area (Å²) in [6.45, 7) is 2.64. The maximum absolute atomic E-state index is 11.4. The van der Waals surface area contributed by atoms with E-state index in [2.05, 4.69) is 5.10 Å². The van der Waals surface area contributed by atoms with Crippen molar-refractivity contribution >= 4 is 16.6 Å². The number of nitrogens with zero attached hydrogens (tertiary/aromatic N) is 3. The predicted octanol–water partition coefficient (Wildman–Crippen LogP) is 3.44. The summed E-state index contributed by atoms with van der Waals surface area (Å²) in [5.41, 5.74) is 3.74. The zero-order valence-corrected chi connectivity index (χ0v) is 12.9. The summed E-state index contributed by atoms with van der Waals surface area (Å²) in [6, 6.07) is 13.6. The number of methoxy groups -OCH3 is 1. The van der Waals surface area contributed by atoms with Crippen LogP contribution in [0.1, 0.15) is 11.3 Å². The Bertz CT molecular complexity index is 835. The van der Waals surface area contributed by atoms with E-state index in [1.807, 2.05) is 54.1 Å². The zero-order chi connectivity index (χ0) is 15.7. The van der Waals surface area contributed by atoms with Crippen LogP contribution in [0.5, 0.6) is 5.75 Å². The topological polar surface area (TPSA) is 47.1 Å². The average molecular weight is 296 g/mol. The van der Waals surface area contributed by atoms with Gasteiger partial charge in [0.15, 0.2) is 7.05 Å². The molecule has 0 fully saturated rings. The predicted molar refractivity (Wildman–Crippen MR) is 85.8 cm³/mol. The van der Waals surface area contributed by atoms with Crippen molar-refractivity contribution in [3.05, 3.63) is 58.6 Å². The molecule has 0 saturated carbocycles. The Labute approximate surface area is 128 Å². The van der Waals surface area contributed by atoms with Gasteiger partial charge in [0.25, 0.3) is 5.69 Å². The summed E-state index contributed by atoms with van der Waals surface area (Å²) in [7, 11) is 3.16. The van der Waals surface area contributed by atoms with Crippen LogP contribution in [0, 0.1) is 11.8 Å². The molecule has 1 heterocycles. The molecule has 5 heteroatoms. The van der Waals surface area contributed by atoms with Gasteiger partial charge in [-0.2, -0.15) is 5.10 Å². The van der Waals surface area contributed by atoms with Crippen molar-refractivity contribution in [2.24, 2.45) is 0 Å². The van der Waals surface area contributed by atoms with E-state index in [1.165, 1.54) is 7.05 Å². The Morgan fingerprint density at radius 1 is 1.18 bits per heavy atom. The zero-order valence-electron chi connectivity index (χ0n) is 12.9. The summed E-state index contributed by atoms with van der Waals surface area (Å²) in [4.78, 5) is 11.4. The van der Waals surface area contributed by atoms with Crippen molar-refractivity contribution < 1.29 is 9.50 Å². The van der Waals surface area contributed by atoms with Crippen LogP contribution in [0.3, 0.4) is 0 Å². The fourth-order valence-electron chi connectivity index (χ4n) is 2.55. The fraction of sp³-hybridized carbons (Fsp3) is 0.235. The first-order valence-corrected chi connectivity index (χ1v) is 7.09. The van der Waals surface area contributed by atoms with Gasteiger partial charge in [-0.15, -0.1) is 0 Å². The van der Waals surface area contributed by atoms with E-state index in [4.69, 9.17) is 4.74 Å². The third kappa shape index (κ3) is 2.57.